The van der Waals surface area contributed by atoms with Crippen LogP contribution in [0.4, 0.5) is 0 Å². The molecule has 1 saturated carbocycles. The first-order valence-corrected chi connectivity index (χ1v) is 51.2. The predicted molar refractivity (Wildman–Crippen MR) is 540 cm³/mol. The van der Waals surface area contributed by atoms with Gasteiger partial charge in [-0.2, -0.15) is 0 Å². The Kier molecular flexibility index (Phi) is 64.7. The molecule has 1 aromatic rings. The van der Waals surface area contributed by atoms with E-state index in [9.17, 15) is 121 Å². The molecule has 0 aliphatic heterocycles. The molecule has 0 bridgehead atoms. The van der Waals surface area contributed by atoms with Gasteiger partial charge >= 0.3 is 0 Å². The standard InChI is InChI=1S/C95H169N27O25/c1-11-12-13-14-15-16-17-18-19-20-21-22-26-37-74(130)104-48-75(131)107-55(6)79(132)110-63(34-27-29-40-96)83(136)115-67(44-60-32-24-23-25-33-60)87(140)113-64(35-28-30-41-97)85(138)121-77(58(9)126)93(146)118-69(49-123)89(142)109-56(7)80(133)111-65(38-39-72(98)128)84(137)116-68(45-61-46-102-52-106-61)86(139)108-57(8)81(134)114-66(43-53(2)3)88(141)122-78(59(10)127)94(147)119-71(51-125)91(144)120-76(54(4)5)92(145)117-70(50-124)90(143)112-62(36-31-42-103-95(100)101)82(135)105-47-73(99)129/h46,52-60,62-71,76-78,123-127H,11-45,47-51,96-97H2,1-10H3,(H2,98,128)(H2,99,129)(H,102,106)(H,104,130)(H,105,135)(H,107,131)(H,108,139)(H,109,142)(H,110,132)(H,111,133)(H,112,143)(H,113,140)(H,114,134)(H,115,136)(H,116,137)(H,117,145)(H,118,146)(H,119,147)(H,120,144)(H,121,138)(H,122,141)(H4,100,101,103)/t55-,56-,57-,58+,59+,62-,63-,64-,65-,66-,67-,68-,69-,70-,71-,76-,77-,78-/m0/s1. The fraction of sp³-hybridized carbons (Fsp3) is 0.747. The number of guanidine groups is 1. The van der Waals surface area contributed by atoms with Gasteiger partial charge in [-0.1, -0.05) is 144 Å². The SMILES string of the molecule is CCCCCCCCCCCCCCCC(=O)NCC(=O)N[C@@H](C)C(=O)N[C@@H](CCCCN)C(=O)N[C@@H](CC1CCCCC1)C(=O)N[C@@H](CCCCN)C(=O)N[C@H](C(=O)N[C@@H](CO)C(=O)N[C@@H](C)C(=O)N[C@@H](CCC(N)=O)C(=O)N[C@@H](Cc1cnc[nH]1)C(=O)N[C@@H](C)C(=O)N[C@@H](CC(C)C)C(=O)N[C@H](C(=O)N[C@@H](CO)C(=O)N[C@H](C(=O)N[C@@H](CO)C(=O)N[C@@H](CCCN=C(N)N)C(=O)NCC(N)=O)C(C)C)[C@@H](C)O)[C@@H](C)O. The van der Waals surface area contributed by atoms with Gasteiger partial charge in [0.25, 0.3) is 0 Å². The highest BCUT2D eigenvalue weighted by Crippen LogP contribution is 2.28. The Labute approximate surface area is 858 Å². The minimum atomic E-state index is -1.94. The molecule has 0 spiro atoms. The van der Waals surface area contributed by atoms with Gasteiger partial charge in [-0.15, -0.1) is 0 Å². The number of aromatic nitrogens is 2. The minimum Gasteiger partial charge on any atom is -0.394 e. The summed E-state index contributed by atoms with van der Waals surface area (Å²) >= 11 is 0. The normalized spacial score (nSPS) is 15.6. The van der Waals surface area contributed by atoms with E-state index in [2.05, 4.69) is 118 Å². The smallest absolute Gasteiger partial charge is 0.245 e. The summed E-state index contributed by atoms with van der Waals surface area (Å²) in [6, 6.07) is -25.9. The molecule has 1 aliphatic rings. The second-order valence-corrected chi connectivity index (χ2v) is 38.2. The van der Waals surface area contributed by atoms with Crippen LogP contribution < -0.4 is 130 Å². The van der Waals surface area contributed by atoms with Crippen molar-refractivity contribution in [1.29, 1.82) is 0 Å². The summed E-state index contributed by atoms with van der Waals surface area (Å²) < 4.78 is 0. The zero-order valence-corrected chi connectivity index (χ0v) is 86.8. The zero-order valence-electron chi connectivity index (χ0n) is 86.8. The lowest BCUT2D eigenvalue weighted by molar-refractivity contribution is -0.138. The lowest BCUT2D eigenvalue weighted by Gasteiger charge is -2.30. The summed E-state index contributed by atoms with van der Waals surface area (Å²) in [5.41, 5.74) is 33.3. The van der Waals surface area contributed by atoms with Crippen LogP contribution in [0.3, 0.4) is 0 Å². The number of carbonyl (C=O) groups is 20. The third-order valence-electron chi connectivity index (χ3n) is 24.4. The molecule has 2 rings (SSSR count). The number of aliphatic hydroxyl groups excluding tert-OH is 5. The van der Waals surface area contributed by atoms with E-state index in [1.165, 1.54) is 91.6 Å². The van der Waals surface area contributed by atoms with Crippen LogP contribution in [-0.4, -0.2) is 321 Å². The molecule has 52 heteroatoms. The van der Waals surface area contributed by atoms with Gasteiger partial charge in [-0.25, -0.2) is 4.98 Å². The number of H-pyrrole nitrogens is 1. The van der Waals surface area contributed by atoms with Crippen LogP contribution in [0.1, 0.15) is 274 Å². The van der Waals surface area contributed by atoms with E-state index in [4.69, 9.17) is 34.4 Å². The highest BCUT2D eigenvalue weighted by Gasteiger charge is 2.41. The molecule has 36 N–H and O–H groups in total. The lowest BCUT2D eigenvalue weighted by atomic mass is 9.84. The maximum Gasteiger partial charge on any atom is 0.245 e. The molecule has 1 heterocycles. The summed E-state index contributed by atoms with van der Waals surface area (Å²) in [4.78, 5) is 285. The number of primary amides is 2. The van der Waals surface area contributed by atoms with E-state index < -0.39 is 285 Å². The molecule has 0 radical (unpaired) electrons. The minimum absolute atomic E-state index is 0.0153. The molecule has 0 unspecified atom stereocenters. The van der Waals surface area contributed by atoms with Gasteiger partial charge in [0.15, 0.2) is 5.96 Å². The molecule has 0 saturated heterocycles. The summed E-state index contributed by atoms with van der Waals surface area (Å²) in [7, 11) is 0. The number of hydrogen-bond acceptors (Lipinski definition) is 29. The van der Waals surface area contributed by atoms with E-state index >= 15 is 0 Å². The number of nitrogens with one attached hydrogen (secondary N) is 19. The zero-order chi connectivity index (χ0) is 110. The Hall–Kier alpha value is -12.4. The van der Waals surface area contributed by atoms with Crippen molar-refractivity contribution in [2.75, 3.05) is 52.5 Å². The fourth-order valence-electron chi connectivity index (χ4n) is 15.8. The predicted octanol–water partition coefficient (Wildman–Crippen LogP) is -7.04. The number of hydrogen-bond donors (Lipinski definition) is 30. The van der Waals surface area contributed by atoms with Crippen molar-refractivity contribution in [2.24, 2.45) is 57.1 Å². The topological polar surface area (TPSA) is 856 Å². The molecule has 18 atom stereocenters. The number of imidazole rings is 1. The van der Waals surface area contributed by atoms with Crippen LogP contribution in [0.15, 0.2) is 17.5 Å². The molecule has 52 nitrogen and oxygen atoms in total. The third-order valence-corrected chi connectivity index (χ3v) is 24.4. The first-order valence-electron chi connectivity index (χ1n) is 51.2. The number of amides is 20. The third kappa shape index (κ3) is 53.7. The first-order chi connectivity index (χ1) is 69.6. The monoisotopic (exact) mass is 2090 g/mol. The number of nitrogens with zero attached hydrogens (tertiary/aromatic N) is 2. The van der Waals surface area contributed by atoms with Crippen molar-refractivity contribution in [2.45, 2.75) is 384 Å². The van der Waals surface area contributed by atoms with Crippen molar-refractivity contribution in [1.82, 2.24) is 106 Å². The Morgan fingerprint density at radius 2 is 0.741 bits per heavy atom. The second kappa shape index (κ2) is 72.8. The van der Waals surface area contributed by atoms with E-state index in [1.807, 2.05) is 0 Å². The molecular formula is C95H169N27O25. The highest BCUT2D eigenvalue weighted by atomic mass is 16.3. The number of nitrogens with two attached hydrogens (primary N) is 6. The van der Waals surface area contributed by atoms with Crippen molar-refractivity contribution in [3.63, 3.8) is 0 Å². The quantitative estimate of drug-likeness (QED) is 0.0164. The van der Waals surface area contributed by atoms with Crippen LogP contribution in [-0.2, 0) is 102 Å². The lowest BCUT2D eigenvalue weighted by Crippen LogP contribution is -2.63. The molecule has 1 aromatic heterocycles. The van der Waals surface area contributed by atoms with Crippen LogP contribution in [0.5, 0.6) is 0 Å². The Morgan fingerprint density at radius 3 is 1.18 bits per heavy atom. The van der Waals surface area contributed by atoms with E-state index in [-0.39, 0.29) is 94.5 Å². The van der Waals surface area contributed by atoms with Crippen LogP contribution in [0.25, 0.3) is 0 Å². The Morgan fingerprint density at radius 1 is 0.367 bits per heavy atom. The average Bonchev–Trinajstić information content (AvgIpc) is 1.34. The molecule has 0 aromatic carbocycles. The van der Waals surface area contributed by atoms with Gasteiger partial charge in [0, 0.05) is 37.7 Å². The number of aliphatic hydroxyl groups is 5. The average molecular weight is 2090 g/mol. The number of rotatable bonds is 77. The second-order valence-electron chi connectivity index (χ2n) is 38.2. The maximum absolute atomic E-state index is 14.8. The van der Waals surface area contributed by atoms with Crippen molar-refractivity contribution >= 4 is 124 Å². The fourth-order valence-corrected chi connectivity index (χ4v) is 15.8. The summed E-state index contributed by atoms with van der Waals surface area (Å²) in [6.45, 7) is 10.4. The number of unbranched alkanes of at least 4 members (excludes halogenated alkanes) is 14. The summed E-state index contributed by atoms with van der Waals surface area (Å²) in [5.74, 6) is -21.2. The van der Waals surface area contributed by atoms with E-state index in [1.54, 1.807) is 13.8 Å². The van der Waals surface area contributed by atoms with Gasteiger partial charge in [0.1, 0.15) is 96.7 Å². The van der Waals surface area contributed by atoms with Crippen LogP contribution in [0, 0.1) is 17.8 Å². The molecular weight excluding hydrogens is 1920 g/mol. The Bertz CT molecular complexity index is 4330. The number of carbonyl (C=O) groups excluding carboxylic acids is 20. The summed E-state index contributed by atoms with van der Waals surface area (Å²) in [5, 5.41) is 97.0. The van der Waals surface area contributed by atoms with Gasteiger partial charge in [-0.05, 0) is 143 Å². The first kappa shape index (κ1) is 131. The highest BCUT2D eigenvalue weighted by molar-refractivity contribution is 6.02. The maximum atomic E-state index is 14.8. The van der Waals surface area contributed by atoms with Gasteiger partial charge < -0.3 is 161 Å². The molecule has 1 aliphatic carbocycles. The molecule has 834 valence electrons. The van der Waals surface area contributed by atoms with Gasteiger partial charge in [0.2, 0.25) is 118 Å². The van der Waals surface area contributed by atoms with Gasteiger partial charge in [-0.3, -0.25) is 101 Å². The van der Waals surface area contributed by atoms with E-state index in [0.29, 0.717) is 38.5 Å². The molecule has 20 amide bonds. The number of aliphatic imine (C=N–C) groups is 1. The Balaban J connectivity index is 2.31. The van der Waals surface area contributed by atoms with Crippen molar-refractivity contribution in [3.8, 4) is 0 Å². The largest absolute Gasteiger partial charge is 0.394 e. The van der Waals surface area contributed by atoms with Crippen molar-refractivity contribution in [3.05, 3.63) is 18.2 Å². The van der Waals surface area contributed by atoms with E-state index in [0.717, 1.165) is 65.7 Å². The van der Waals surface area contributed by atoms with Gasteiger partial charge in [0.05, 0.1) is 51.4 Å². The van der Waals surface area contributed by atoms with Crippen LogP contribution >= 0.6 is 0 Å². The summed E-state index contributed by atoms with van der Waals surface area (Å²) in [6.07, 6.45) is 17.9. The molecule has 147 heavy (non-hydrogen) atoms. The molecule has 1 fully saturated rings. The number of aromatic amines is 1. The van der Waals surface area contributed by atoms with Crippen molar-refractivity contribution < 1.29 is 121 Å². The van der Waals surface area contributed by atoms with Crippen LogP contribution in [0.2, 0.25) is 0 Å².